The number of hydrogen-bond acceptors (Lipinski definition) is 7. The van der Waals surface area contributed by atoms with Crippen LogP contribution in [-0.2, 0) is 15.1 Å². The molecule has 9 heteroatoms. The van der Waals surface area contributed by atoms with Crippen LogP contribution in [0.15, 0.2) is 101 Å². The maximum Gasteiger partial charge on any atom is 0.330 e. The zero-order valence-corrected chi connectivity index (χ0v) is 21.7. The van der Waals surface area contributed by atoms with Crippen molar-refractivity contribution in [2.75, 3.05) is 20.8 Å². The van der Waals surface area contributed by atoms with Gasteiger partial charge < -0.3 is 24.1 Å². The van der Waals surface area contributed by atoms with Crippen LogP contribution in [-0.4, -0.2) is 47.7 Å². The molecule has 3 atom stereocenters. The maximum atomic E-state index is 12.3. The lowest BCUT2D eigenvalue weighted by molar-refractivity contribution is -0.0944. The minimum atomic E-state index is -1.07. The summed E-state index contributed by atoms with van der Waals surface area (Å²) in [6, 6.07) is 26.3. The van der Waals surface area contributed by atoms with Crippen molar-refractivity contribution in [2.24, 2.45) is 0 Å². The number of rotatable bonds is 9. The van der Waals surface area contributed by atoms with Gasteiger partial charge in [0.1, 0.15) is 29.4 Å². The van der Waals surface area contributed by atoms with E-state index in [4.69, 9.17) is 18.9 Å². The molecule has 0 aliphatic carbocycles. The summed E-state index contributed by atoms with van der Waals surface area (Å²) in [5.41, 5.74) is 0.399. The normalized spacial score (nSPS) is 19.1. The van der Waals surface area contributed by atoms with Crippen LogP contribution in [0.3, 0.4) is 0 Å². The van der Waals surface area contributed by atoms with E-state index in [1.54, 1.807) is 14.2 Å². The van der Waals surface area contributed by atoms with Crippen LogP contribution in [0, 0.1) is 0 Å². The van der Waals surface area contributed by atoms with E-state index >= 15 is 0 Å². The summed E-state index contributed by atoms with van der Waals surface area (Å²) < 4.78 is 24.9. The highest BCUT2D eigenvalue weighted by Gasteiger charge is 2.42. The third-order valence-corrected chi connectivity index (χ3v) is 7.00. The van der Waals surface area contributed by atoms with Gasteiger partial charge >= 0.3 is 5.69 Å². The highest BCUT2D eigenvalue weighted by molar-refractivity contribution is 5.49. The van der Waals surface area contributed by atoms with Gasteiger partial charge in [0.15, 0.2) is 0 Å². The maximum absolute atomic E-state index is 12.3. The molecule has 0 radical (unpaired) electrons. The molecule has 5 rings (SSSR count). The molecule has 1 saturated heterocycles. The fourth-order valence-corrected chi connectivity index (χ4v) is 4.97. The fraction of sp³-hybridized carbons (Fsp3) is 0.267. The van der Waals surface area contributed by atoms with Crippen LogP contribution >= 0.6 is 0 Å². The molecule has 3 aromatic carbocycles. The molecule has 0 amide bonds. The Bertz CT molecular complexity index is 1450. The van der Waals surface area contributed by atoms with Gasteiger partial charge in [0, 0.05) is 18.7 Å². The van der Waals surface area contributed by atoms with Crippen molar-refractivity contribution in [3.8, 4) is 11.5 Å². The second kappa shape index (κ2) is 11.3. The molecule has 0 bridgehead atoms. The lowest BCUT2D eigenvalue weighted by atomic mass is 9.80. The van der Waals surface area contributed by atoms with Crippen molar-refractivity contribution in [3.63, 3.8) is 0 Å². The van der Waals surface area contributed by atoms with Gasteiger partial charge in [-0.3, -0.25) is 14.3 Å². The molecule has 4 aromatic rings. The van der Waals surface area contributed by atoms with Gasteiger partial charge in [-0.05, 0) is 41.0 Å². The van der Waals surface area contributed by atoms with Crippen molar-refractivity contribution >= 4 is 0 Å². The molecule has 2 heterocycles. The van der Waals surface area contributed by atoms with Gasteiger partial charge in [0.2, 0.25) is 0 Å². The SMILES string of the molecule is COc1ccc(C(OC[C@H]2O[C@@H](n3ccc(=O)[nH]c3=O)CC2O)(c2ccccc2)c2ccc(OC)cc2)cc1. The fourth-order valence-electron chi connectivity index (χ4n) is 4.97. The van der Waals surface area contributed by atoms with E-state index in [0.29, 0.717) is 11.5 Å². The second-order valence-electron chi connectivity index (χ2n) is 9.26. The minimum Gasteiger partial charge on any atom is -0.497 e. The number of nitrogens with zero attached hydrogens (tertiary/aromatic N) is 1. The Kier molecular flexibility index (Phi) is 7.65. The number of aliphatic hydroxyl groups excluding tert-OH is 1. The average molecular weight is 531 g/mol. The van der Waals surface area contributed by atoms with Gasteiger partial charge in [0.05, 0.1) is 26.9 Å². The smallest absolute Gasteiger partial charge is 0.330 e. The van der Waals surface area contributed by atoms with E-state index in [-0.39, 0.29) is 13.0 Å². The number of aliphatic hydroxyl groups is 1. The monoisotopic (exact) mass is 530 g/mol. The number of hydrogen-bond donors (Lipinski definition) is 2. The van der Waals surface area contributed by atoms with Crippen molar-refractivity contribution in [1.82, 2.24) is 9.55 Å². The van der Waals surface area contributed by atoms with Crippen LogP contribution in [0.2, 0.25) is 0 Å². The van der Waals surface area contributed by atoms with Crippen molar-refractivity contribution in [3.05, 3.63) is 129 Å². The predicted molar refractivity (Wildman–Crippen MR) is 144 cm³/mol. The molecule has 202 valence electrons. The standard InChI is InChI=1S/C30H30N2O7/c1-36-23-12-8-21(9-13-23)30(20-6-4-3-5-7-20,22-10-14-24(37-2)15-11-22)38-19-26-25(33)18-28(39-26)32-17-16-27(34)31-29(32)35/h3-17,25-26,28,33H,18-19H2,1-2H3,(H,31,34,35)/t25?,26-,28-/m1/s1. The number of aromatic nitrogens is 2. The number of methoxy groups -OCH3 is 2. The molecule has 0 spiro atoms. The summed E-state index contributed by atoms with van der Waals surface area (Å²) in [6.07, 6.45) is -0.831. The molecule has 39 heavy (non-hydrogen) atoms. The van der Waals surface area contributed by atoms with Crippen LogP contribution in [0.1, 0.15) is 29.3 Å². The van der Waals surface area contributed by atoms with E-state index < -0.39 is 35.3 Å². The van der Waals surface area contributed by atoms with Crippen LogP contribution in [0.5, 0.6) is 11.5 Å². The zero-order chi connectivity index (χ0) is 27.4. The Balaban J connectivity index is 1.54. The van der Waals surface area contributed by atoms with Crippen LogP contribution in [0.25, 0.3) is 0 Å². The molecule has 9 nitrogen and oxygen atoms in total. The minimum absolute atomic E-state index is 0.0166. The highest BCUT2D eigenvalue weighted by atomic mass is 16.6. The summed E-state index contributed by atoms with van der Waals surface area (Å²) >= 11 is 0. The lowest BCUT2D eigenvalue weighted by Crippen LogP contribution is -2.38. The lowest BCUT2D eigenvalue weighted by Gasteiger charge is -2.37. The molecule has 1 aromatic heterocycles. The Morgan fingerprint density at radius 2 is 1.44 bits per heavy atom. The van der Waals surface area contributed by atoms with E-state index in [0.717, 1.165) is 16.7 Å². The first-order chi connectivity index (χ1) is 18.9. The molecule has 1 aliphatic heterocycles. The van der Waals surface area contributed by atoms with Gasteiger partial charge in [-0.2, -0.15) is 0 Å². The Morgan fingerprint density at radius 1 is 0.872 bits per heavy atom. The van der Waals surface area contributed by atoms with Crippen molar-refractivity contribution < 1.29 is 24.1 Å². The van der Waals surface area contributed by atoms with Gasteiger partial charge in [-0.25, -0.2) is 4.79 Å². The summed E-state index contributed by atoms with van der Waals surface area (Å²) in [5, 5.41) is 10.9. The van der Waals surface area contributed by atoms with E-state index in [2.05, 4.69) is 4.98 Å². The van der Waals surface area contributed by atoms with Gasteiger partial charge in [0.25, 0.3) is 5.56 Å². The summed E-state index contributed by atoms with van der Waals surface area (Å²) in [5.74, 6) is 1.42. The first-order valence-electron chi connectivity index (χ1n) is 12.6. The number of benzene rings is 3. The van der Waals surface area contributed by atoms with Gasteiger partial charge in [-0.1, -0.05) is 54.6 Å². The Morgan fingerprint density at radius 3 is 1.97 bits per heavy atom. The number of nitrogens with one attached hydrogen (secondary N) is 1. The Hall–Kier alpha value is -4.18. The predicted octanol–water partition coefficient (Wildman–Crippen LogP) is 3.21. The molecule has 1 aliphatic rings. The largest absolute Gasteiger partial charge is 0.497 e. The number of ether oxygens (including phenoxy) is 4. The zero-order valence-electron chi connectivity index (χ0n) is 21.7. The summed E-state index contributed by atoms with van der Waals surface area (Å²) in [7, 11) is 3.23. The number of H-pyrrole nitrogens is 1. The highest BCUT2D eigenvalue weighted by Crippen LogP contribution is 2.42. The van der Waals surface area contributed by atoms with E-state index in [1.165, 1.54) is 16.8 Å². The second-order valence-corrected chi connectivity index (χ2v) is 9.26. The molecular formula is C30H30N2O7. The first kappa shape index (κ1) is 26.4. The molecule has 0 saturated carbocycles. The summed E-state index contributed by atoms with van der Waals surface area (Å²) in [6.45, 7) is 0.0166. The molecular weight excluding hydrogens is 500 g/mol. The third-order valence-electron chi connectivity index (χ3n) is 7.00. The third kappa shape index (κ3) is 5.24. The topological polar surface area (TPSA) is 112 Å². The van der Waals surface area contributed by atoms with Crippen LogP contribution in [0.4, 0.5) is 0 Å². The Labute approximate surface area is 225 Å². The molecule has 2 N–H and O–H groups in total. The molecule has 1 fully saturated rings. The summed E-state index contributed by atoms with van der Waals surface area (Å²) in [4.78, 5) is 26.0. The van der Waals surface area contributed by atoms with Gasteiger partial charge in [-0.15, -0.1) is 0 Å². The van der Waals surface area contributed by atoms with Crippen molar-refractivity contribution in [1.29, 1.82) is 0 Å². The number of aromatic amines is 1. The molecule has 1 unspecified atom stereocenters. The van der Waals surface area contributed by atoms with E-state index in [9.17, 15) is 14.7 Å². The van der Waals surface area contributed by atoms with Crippen LogP contribution < -0.4 is 20.7 Å². The first-order valence-corrected chi connectivity index (χ1v) is 12.6. The van der Waals surface area contributed by atoms with E-state index in [1.807, 2.05) is 78.9 Å². The van der Waals surface area contributed by atoms with Crippen molar-refractivity contribution in [2.45, 2.75) is 30.5 Å². The quantitative estimate of drug-likeness (QED) is 0.320. The average Bonchev–Trinajstić information content (AvgIpc) is 3.34.